The summed E-state index contributed by atoms with van der Waals surface area (Å²) >= 11 is 0. The maximum Gasteiger partial charge on any atom is 0.308 e. The van der Waals surface area contributed by atoms with Gasteiger partial charge in [0.05, 0.1) is 31.6 Å². The van der Waals surface area contributed by atoms with E-state index in [1.807, 2.05) is 74.5 Å². The minimum absolute atomic E-state index is 0.0215. The molecule has 0 saturated carbocycles. The molecule has 0 aromatic heterocycles. The van der Waals surface area contributed by atoms with Crippen LogP contribution in [0.25, 0.3) is 0 Å². The highest BCUT2D eigenvalue weighted by molar-refractivity contribution is 5.98. The van der Waals surface area contributed by atoms with E-state index >= 15 is 0 Å². The minimum atomic E-state index is -1.12. The van der Waals surface area contributed by atoms with Crippen LogP contribution in [-0.2, 0) is 57.6 Å². The number of carbonyl (C=O) groups is 6. The van der Waals surface area contributed by atoms with Crippen molar-refractivity contribution in [3.05, 3.63) is 107 Å². The highest BCUT2D eigenvalue weighted by Crippen LogP contribution is 2.31. The lowest BCUT2D eigenvalue weighted by atomic mass is 9.93. The van der Waals surface area contributed by atoms with Crippen LogP contribution in [0.2, 0.25) is 0 Å². The van der Waals surface area contributed by atoms with Crippen LogP contribution in [-0.4, -0.2) is 116 Å². The molecule has 356 valence electrons. The third kappa shape index (κ3) is 15.4. The van der Waals surface area contributed by atoms with Crippen LogP contribution in [0.5, 0.6) is 11.5 Å². The van der Waals surface area contributed by atoms with Crippen LogP contribution >= 0.6 is 0 Å². The van der Waals surface area contributed by atoms with Crippen LogP contribution in [0.15, 0.2) is 90.8 Å². The number of nitrogens with one attached hydrogen (secondary N) is 4. The predicted octanol–water partition coefficient (Wildman–Crippen LogP) is 2.34. The molecule has 2 saturated heterocycles. The Morgan fingerprint density at radius 3 is 2.05 bits per heavy atom. The molecule has 0 bridgehead atoms. The average Bonchev–Trinajstić information content (AvgIpc) is 4.05. The van der Waals surface area contributed by atoms with E-state index in [1.165, 1.54) is 20.0 Å². The molecule has 2 heterocycles. The molecular weight excluding hydrogens is 847 g/mol. The highest BCUT2D eigenvalue weighted by atomic mass is 16.6. The summed E-state index contributed by atoms with van der Waals surface area (Å²) in [5.74, 6) is -2.13. The standard InChI is InChI=1S/C49H65N7O10/c1-32(2)24-41(45(59)49(5)31-65-49)54-48(62)42(25-36-14-10-7-11-15-36)55-46(60)33(3)52-47(61)40(19-16-35-12-8-6-9-13-35)53-44(58)29-56(20-22-63-23-21-56)28-37-17-18-39(66-34(4)57)26-43(37)64-30-38(51)27-50/h6-15,17-18,26-27,32-33,40-42H,16,19-25,28-31,50-51H2,1-5H3,(H3-,52,53,54,55,58,60,61,62)/p+1/b38-27-/t33-,40-,41-,42-,49+/m0/s1. The number of ketones is 1. The zero-order valence-electron chi connectivity index (χ0n) is 38.6. The number of aryl methyl sites for hydroxylation is 1. The lowest BCUT2D eigenvalue weighted by Crippen LogP contribution is -2.61. The summed E-state index contributed by atoms with van der Waals surface area (Å²) in [5, 5.41) is 11.4. The number of ether oxygens (including phenoxy) is 4. The molecule has 2 aliphatic rings. The lowest BCUT2D eigenvalue weighted by molar-refractivity contribution is -0.940. The predicted molar refractivity (Wildman–Crippen MR) is 246 cm³/mol. The fourth-order valence-corrected chi connectivity index (χ4v) is 7.80. The smallest absolute Gasteiger partial charge is 0.308 e. The summed E-state index contributed by atoms with van der Waals surface area (Å²) in [4.78, 5) is 81.4. The van der Waals surface area contributed by atoms with Crippen LogP contribution in [0.1, 0.15) is 64.2 Å². The maximum atomic E-state index is 14.2. The molecule has 4 amide bonds. The van der Waals surface area contributed by atoms with Gasteiger partial charge in [-0.2, -0.15) is 0 Å². The van der Waals surface area contributed by atoms with Gasteiger partial charge >= 0.3 is 5.97 Å². The number of morpholine rings is 1. The van der Waals surface area contributed by atoms with E-state index < -0.39 is 59.4 Å². The molecule has 0 unspecified atom stereocenters. The van der Waals surface area contributed by atoms with E-state index in [2.05, 4.69) is 21.3 Å². The molecule has 0 spiro atoms. The number of carbonyl (C=O) groups excluding carboxylic acids is 6. The SMILES string of the molecule is CC(=O)Oc1ccc(C[N+]2(CC(=O)N[C@@H](CCc3ccccc3)C(=O)N[C@@H](C)C(=O)N[C@@H](Cc3ccccc3)C(=O)N[C@@H](CC(C)C)C(=O)[C@@]3(C)CO3)CCOCC2)c(OC/C(N)=C/N)c1. The number of esters is 1. The first-order valence-corrected chi connectivity index (χ1v) is 22.5. The Bertz CT molecular complexity index is 2170. The number of amides is 4. The lowest BCUT2D eigenvalue weighted by Gasteiger charge is -2.41. The normalized spacial score (nSPS) is 18.4. The zero-order valence-corrected chi connectivity index (χ0v) is 38.6. The van der Waals surface area contributed by atoms with Crippen molar-refractivity contribution >= 4 is 35.4 Å². The van der Waals surface area contributed by atoms with E-state index in [0.29, 0.717) is 51.4 Å². The molecule has 0 radical (unpaired) electrons. The Hall–Kier alpha value is -6.30. The number of epoxide rings is 1. The summed E-state index contributed by atoms with van der Waals surface area (Å²) in [7, 11) is 0. The summed E-state index contributed by atoms with van der Waals surface area (Å²) in [6.45, 7) is 10.7. The summed E-state index contributed by atoms with van der Waals surface area (Å²) in [6.07, 6.45) is 2.41. The van der Waals surface area contributed by atoms with Gasteiger partial charge in [-0.15, -0.1) is 0 Å². The van der Waals surface area contributed by atoms with Crippen LogP contribution in [0.3, 0.4) is 0 Å². The third-order valence-corrected chi connectivity index (χ3v) is 11.6. The number of rotatable bonds is 24. The maximum absolute atomic E-state index is 14.2. The Morgan fingerprint density at radius 1 is 0.818 bits per heavy atom. The molecule has 2 aliphatic heterocycles. The quantitative estimate of drug-likeness (QED) is 0.0329. The first-order chi connectivity index (χ1) is 31.5. The van der Waals surface area contributed by atoms with Crippen molar-refractivity contribution in [3.63, 3.8) is 0 Å². The largest absolute Gasteiger partial charge is 0.487 e. The van der Waals surface area contributed by atoms with Gasteiger partial charge in [0.15, 0.2) is 12.3 Å². The Kier molecular flexibility index (Phi) is 18.2. The molecule has 66 heavy (non-hydrogen) atoms. The van der Waals surface area contributed by atoms with E-state index in [-0.39, 0.29) is 60.2 Å². The molecule has 5 rings (SSSR count). The average molecular weight is 913 g/mol. The van der Waals surface area contributed by atoms with Crippen molar-refractivity contribution in [3.8, 4) is 11.5 Å². The summed E-state index contributed by atoms with van der Waals surface area (Å²) in [5.41, 5.74) is 13.3. The number of nitrogens with two attached hydrogens (primary N) is 2. The van der Waals surface area contributed by atoms with E-state index in [0.717, 1.165) is 16.7 Å². The molecule has 5 atom stereocenters. The second-order valence-corrected chi connectivity index (χ2v) is 17.8. The van der Waals surface area contributed by atoms with Crippen LogP contribution in [0, 0.1) is 5.92 Å². The fourth-order valence-electron chi connectivity index (χ4n) is 7.80. The van der Waals surface area contributed by atoms with Crippen molar-refractivity contribution in [2.75, 3.05) is 46.1 Å². The number of Topliss-reactive ketones (excluding diaryl/α,β-unsaturated/α-hetero) is 1. The van der Waals surface area contributed by atoms with Gasteiger partial charge in [0, 0.05) is 31.2 Å². The first-order valence-electron chi connectivity index (χ1n) is 22.5. The van der Waals surface area contributed by atoms with Gasteiger partial charge in [-0.25, -0.2) is 0 Å². The van der Waals surface area contributed by atoms with Gasteiger partial charge in [0.1, 0.15) is 61.5 Å². The van der Waals surface area contributed by atoms with E-state index in [1.54, 1.807) is 25.1 Å². The monoisotopic (exact) mass is 912 g/mol. The van der Waals surface area contributed by atoms with Crippen molar-refractivity contribution in [2.45, 2.75) is 96.6 Å². The molecule has 2 fully saturated rings. The van der Waals surface area contributed by atoms with E-state index in [9.17, 15) is 28.8 Å². The number of benzene rings is 3. The Morgan fingerprint density at radius 2 is 1.44 bits per heavy atom. The number of hydrogen-bond donors (Lipinski definition) is 6. The van der Waals surface area contributed by atoms with Crippen molar-refractivity contribution in [1.82, 2.24) is 21.3 Å². The fraction of sp³-hybridized carbons (Fsp3) is 0.469. The van der Waals surface area contributed by atoms with Crippen molar-refractivity contribution in [1.29, 1.82) is 0 Å². The van der Waals surface area contributed by atoms with Gasteiger partial charge in [-0.3, -0.25) is 28.8 Å². The van der Waals surface area contributed by atoms with Gasteiger partial charge in [-0.1, -0.05) is 74.5 Å². The Labute approximate surface area is 386 Å². The molecular formula is C49H66N7O10+. The molecule has 0 aliphatic carbocycles. The third-order valence-electron chi connectivity index (χ3n) is 11.6. The van der Waals surface area contributed by atoms with Crippen LogP contribution in [0.4, 0.5) is 0 Å². The van der Waals surface area contributed by atoms with Crippen molar-refractivity contribution < 1.29 is 52.2 Å². The van der Waals surface area contributed by atoms with Crippen LogP contribution < -0.4 is 42.2 Å². The molecule has 8 N–H and O–H groups in total. The minimum Gasteiger partial charge on any atom is -0.487 e. The molecule has 3 aromatic carbocycles. The van der Waals surface area contributed by atoms with Gasteiger partial charge in [-0.05, 0) is 62.3 Å². The second kappa shape index (κ2) is 23.8. The molecule has 17 nitrogen and oxygen atoms in total. The zero-order chi connectivity index (χ0) is 47.9. The topological polar surface area (TPSA) is 243 Å². The number of nitrogens with zero attached hydrogens (tertiary/aromatic N) is 1. The van der Waals surface area contributed by atoms with E-state index in [4.69, 9.17) is 30.4 Å². The van der Waals surface area contributed by atoms with Crippen molar-refractivity contribution in [2.24, 2.45) is 17.4 Å². The molecule has 3 aromatic rings. The second-order valence-electron chi connectivity index (χ2n) is 17.8. The summed E-state index contributed by atoms with van der Waals surface area (Å²) in [6, 6.07) is 19.6. The van der Waals surface area contributed by atoms with Gasteiger partial charge in [0.25, 0.3) is 5.91 Å². The Balaban J connectivity index is 1.32. The number of hydrogen-bond acceptors (Lipinski definition) is 12. The molecule has 17 heteroatoms. The summed E-state index contributed by atoms with van der Waals surface area (Å²) < 4.78 is 22.7. The number of quaternary nitrogens is 1. The van der Waals surface area contributed by atoms with Gasteiger partial charge < -0.3 is 56.2 Å². The highest BCUT2D eigenvalue weighted by Gasteiger charge is 2.50. The van der Waals surface area contributed by atoms with Gasteiger partial charge in [0.2, 0.25) is 17.7 Å². The first kappa shape index (κ1) is 50.7.